The van der Waals surface area contributed by atoms with Gasteiger partial charge in [-0.2, -0.15) is 0 Å². The highest BCUT2D eigenvalue weighted by atomic mass is 32.2. The molecule has 0 aromatic rings. The second kappa shape index (κ2) is 3.49. The summed E-state index contributed by atoms with van der Waals surface area (Å²) in [4.78, 5) is 0. The highest BCUT2D eigenvalue weighted by molar-refractivity contribution is 7.89. The van der Waals surface area contributed by atoms with Crippen LogP contribution < -0.4 is 4.72 Å². The number of alkyl halides is 2. The summed E-state index contributed by atoms with van der Waals surface area (Å²) in [5, 5.41) is 0. The number of hydrogen-bond donors (Lipinski definition) is 1. The Morgan fingerprint density at radius 2 is 2.15 bits per heavy atom. The van der Waals surface area contributed by atoms with E-state index in [0.29, 0.717) is 6.42 Å². The van der Waals surface area contributed by atoms with Gasteiger partial charge in [-0.1, -0.05) is 0 Å². The Bertz CT molecular complexity index is 276. The van der Waals surface area contributed by atoms with Crippen LogP contribution in [-0.4, -0.2) is 27.1 Å². The van der Waals surface area contributed by atoms with Gasteiger partial charge in [-0.15, -0.1) is 0 Å². The molecule has 0 bridgehead atoms. The predicted octanol–water partition coefficient (Wildman–Crippen LogP) is 0.971. The standard InChI is InChI=1S/C7H13F2NO2S/c1-10-13(11,12)5-6-2-3-7(8,9)4-6/h6,10H,2-5H2,1H3. The monoisotopic (exact) mass is 213 g/mol. The lowest BCUT2D eigenvalue weighted by molar-refractivity contribution is 0.00592. The Kier molecular flexibility index (Phi) is 2.91. The van der Waals surface area contributed by atoms with E-state index in [1.54, 1.807) is 0 Å². The van der Waals surface area contributed by atoms with E-state index in [1.807, 2.05) is 0 Å². The smallest absolute Gasteiger partial charge is 0.218 e. The second-order valence-corrected chi connectivity index (χ2v) is 5.42. The minimum atomic E-state index is -3.34. The molecule has 0 aromatic carbocycles. The molecule has 0 saturated heterocycles. The zero-order valence-electron chi connectivity index (χ0n) is 7.39. The summed E-state index contributed by atoms with van der Waals surface area (Å²) in [5.74, 6) is -3.24. The van der Waals surface area contributed by atoms with Gasteiger partial charge in [0.2, 0.25) is 15.9 Å². The summed E-state index contributed by atoms with van der Waals surface area (Å²) in [7, 11) is -2.04. The van der Waals surface area contributed by atoms with Crippen molar-refractivity contribution in [2.75, 3.05) is 12.8 Å². The molecule has 1 N–H and O–H groups in total. The van der Waals surface area contributed by atoms with E-state index in [4.69, 9.17) is 0 Å². The van der Waals surface area contributed by atoms with Gasteiger partial charge in [-0.3, -0.25) is 0 Å². The number of hydrogen-bond acceptors (Lipinski definition) is 2. The minimum absolute atomic E-state index is 0.181. The Hall–Kier alpha value is -0.230. The van der Waals surface area contributed by atoms with E-state index in [-0.39, 0.29) is 18.6 Å². The summed E-state index contributed by atoms with van der Waals surface area (Å²) in [6.45, 7) is 0. The van der Waals surface area contributed by atoms with E-state index in [9.17, 15) is 17.2 Å². The molecule has 1 aliphatic carbocycles. The Morgan fingerprint density at radius 1 is 1.54 bits per heavy atom. The molecule has 0 heterocycles. The van der Waals surface area contributed by atoms with Gasteiger partial charge in [0.15, 0.2) is 0 Å². The van der Waals surface area contributed by atoms with E-state index in [2.05, 4.69) is 4.72 Å². The van der Waals surface area contributed by atoms with Crippen molar-refractivity contribution >= 4 is 10.0 Å². The van der Waals surface area contributed by atoms with E-state index in [0.717, 1.165) is 0 Å². The van der Waals surface area contributed by atoms with Crippen molar-refractivity contribution in [3.05, 3.63) is 0 Å². The molecule has 78 valence electrons. The molecule has 0 radical (unpaired) electrons. The number of halogens is 2. The third-order valence-corrected chi connectivity index (χ3v) is 3.80. The van der Waals surface area contributed by atoms with E-state index < -0.39 is 21.9 Å². The van der Waals surface area contributed by atoms with Gasteiger partial charge in [0.25, 0.3) is 0 Å². The lowest BCUT2D eigenvalue weighted by Gasteiger charge is -2.10. The van der Waals surface area contributed by atoms with E-state index in [1.165, 1.54) is 7.05 Å². The van der Waals surface area contributed by atoms with Gasteiger partial charge < -0.3 is 0 Å². The molecule has 0 aliphatic heterocycles. The maximum absolute atomic E-state index is 12.7. The first-order valence-corrected chi connectivity index (χ1v) is 5.79. The number of nitrogens with one attached hydrogen (secondary N) is 1. The van der Waals surface area contributed by atoms with Gasteiger partial charge in [0.05, 0.1) is 5.75 Å². The molecule has 1 unspecified atom stereocenters. The zero-order valence-corrected chi connectivity index (χ0v) is 8.20. The Morgan fingerprint density at radius 3 is 2.54 bits per heavy atom. The molecule has 0 spiro atoms. The molecule has 1 fully saturated rings. The van der Waals surface area contributed by atoms with Gasteiger partial charge in [-0.05, 0) is 19.4 Å². The van der Waals surface area contributed by atoms with Crippen LogP contribution in [0.1, 0.15) is 19.3 Å². The van der Waals surface area contributed by atoms with Crippen molar-refractivity contribution < 1.29 is 17.2 Å². The van der Waals surface area contributed by atoms with Gasteiger partial charge in [0.1, 0.15) is 0 Å². The normalized spacial score (nSPS) is 27.8. The van der Waals surface area contributed by atoms with Crippen molar-refractivity contribution in [2.24, 2.45) is 5.92 Å². The van der Waals surface area contributed by atoms with Crippen LogP contribution in [-0.2, 0) is 10.0 Å². The summed E-state index contributed by atoms with van der Waals surface area (Å²) in [6, 6.07) is 0. The fraction of sp³-hybridized carbons (Fsp3) is 1.00. The van der Waals surface area contributed by atoms with Crippen molar-refractivity contribution in [3.8, 4) is 0 Å². The number of sulfonamides is 1. The van der Waals surface area contributed by atoms with Crippen molar-refractivity contribution in [3.63, 3.8) is 0 Å². The summed E-state index contributed by atoms with van der Waals surface area (Å²) in [5.41, 5.74) is 0. The van der Waals surface area contributed by atoms with E-state index >= 15 is 0 Å². The molecule has 1 atom stereocenters. The SMILES string of the molecule is CNS(=O)(=O)CC1CCC(F)(F)C1. The molecular formula is C7H13F2NO2S. The molecule has 3 nitrogen and oxygen atoms in total. The molecular weight excluding hydrogens is 200 g/mol. The topological polar surface area (TPSA) is 46.2 Å². The van der Waals surface area contributed by atoms with Crippen LogP contribution >= 0.6 is 0 Å². The summed E-state index contributed by atoms with van der Waals surface area (Å²) >= 11 is 0. The summed E-state index contributed by atoms with van der Waals surface area (Å²) in [6.07, 6.45) is -0.182. The lowest BCUT2D eigenvalue weighted by Crippen LogP contribution is -2.26. The highest BCUT2D eigenvalue weighted by Gasteiger charge is 2.40. The van der Waals surface area contributed by atoms with Crippen LogP contribution in [0, 0.1) is 5.92 Å². The molecule has 1 saturated carbocycles. The lowest BCUT2D eigenvalue weighted by atomic mass is 10.1. The first-order valence-electron chi connectivity index (χ1n) is 4.14. The fourth-order valence-corrected chi connectivity index (χ4v) is 2.65. The molecule has 1 rings (SSSR count). The second-order valence-electron chi connectivity index (χ2n) is 3.45. The third-order valence-electron chi connectivity index (χ3n) is 2.27. The molecule has 13 heavy (non-hydrogen) atoms. The maximum Gasteiger partial charge on any atom is 0.248 e. The summed E-state index contributed by atoms with van der Waals surface area (Å²) < 4.78 is 49.5. The first-order chi connectivity index (χ1) is 5.85. The van der Waals surface area contributed by atoms with Crippen LogP contribution in [0.25, 0.3) is 0 Å². The largest absolute Gasteiger partial charge is 0.248 e. The quantitative estimate of drug-likeness (QED) is 0.759. The molecule has 0 aromatic heterocycles. The van der Waals surface area contributed by atoms with Gasteiger partial charge in [-0.25, -0.2) is 21.9 Å². The average molecular weight is 213 g/mol. The van der Waals surface area contributed by atoms with Gasteiger partial charge >= 0.3 is 0 Å². The van der Waals surface area contributed by atoms with Crippen molar-refractivity contribution in [2.45, 2.75) is 25.2 Å². The number of rotatable bonds is 3. The van der Waals surface area contributed by atoms with Crippen LogP contribution in [0.15, 0.2) is 0 Å². The van der Waals surface area contributed by atoms with Crippen LogP contribution in [0.3, 0.4) is 0 Å². The Balaban J connectivity index is 2.50. The molecule has 6 heteroatoms. The van der Waals surface area contributed by atoms with Crippen LogP contribution in [0.5, 0.6) is 0 Å². The maximum atomic E-state index is 12.7. The zero-order chi connectivity index (χ0) is 10.1. The fourth-order valence-electron chi connectivity index (χ4n) is 1.58. The molecule has 1 aliphatic rings. The minimum Gasteiger partial charge on any atom is -0.218 e. The van der Waals surface area contributed by atoms with Gasteiger partial charge in [0, 0.05) is 12.8 Å². The van der Waals surface area contributed by atoms with Crippen LogP contribution in [0.4, 0.5) is 8.78 Å². The molecule has 0 amide bonds. The third kappa shape index (κ3) is 3.19. The van der Waals surface area contributed by atoms with Crippen molar-refractivity contribution in [1.29, 1.82) is 0 Å². The highest BCUT2D eigenvalue weighted by Crippen LogP contribution is 2.39. The average Bonchev–Trinajstić information content (AvgIpc) is 2.29. The Labute approximate surface area is 76.6 Å². The van der Waals surface area contributed by atoms with Crippen molar-refractivity contribution in [1.82, 2.24) is 4.72 Å². The predicted molar refractivity (Wildman–Crippen MR) is 45.1 cm³/mol. The van der Waals surface area contributed by atoms with Crippen LogP contribution in [0.2, 0.25) is 0 Å². The first kappa shape index (κ1) is 10.8.